The fourth-order valence-corrected chi connectivity index (χ4v) is 6.68. The Balaban J connectivity index is 0.863. The molecule has 0 spiro atoms. The number of aliphatic carboxylic acids is 1. The van der Waals surface area contributed by atoms with Crippen LogP contribution in [0.25, 0.3) is 44.8 Å². The van der Waals surface area contributed by atoms with Gasteiger partial charge in [0.1, 0.15) is 42.7 Å². The zero-order chi connectivity index (χ0) is 45.8. The molecule has 1 aliphatic rings. The number of hydrogen-bond donors (Lipinski definition) is 7. The molecule has 2 aromatic heterocycles. The van der Waals surface area contributed by atoms with Crippen LogP contribution in [0.2, 0.25) is 0 Å². The van der Waals surface area contributed by atoms with Gasteiger partial charge >= 0.3 is 5.97 Å². The largest absolute Gasteiger partial charge is 0.508 e. The number of fused-ring (bicyclic) bond motifs is 2. The van der Waals surface area contributed by atoms with Gasteiger partial charge in [-0.2, -0.15) is 0 Å². The number of amides is 3. The number of nitrogens with zero attached hydrogens (tertiary/aromatic N) is 4. The first-order valence-electron chi connectivity index (χ1n) is 21.4. The average molecular weight is 904 g/mol. The minimum atomic E-state index is -1.05. The number of carbonyl (C=O) groups excluding carboxylic acids is 3. The second-order valence-corrected chi connectivity index (χ2v) is 15.0. The number of aromatic nitrogens is 4. The number of phenols is 1. The zero-order valence-electron chi connectivity index (χ0n) is 36.4. The molecule has 7 N–H and O–H groups in total. The summed E-state index contributed by atoms with van der Waals surface area (Å²) in [5.41, 5.74) is 5.95. The van der Waals surface area contributed by atoms with Crippen molar-refractivity contribution in [1.29, 1.82) is 0 Å². The number of aromatic amines is 2. The number of carboxylic acids is 1. The molecule has 5 aromatic rings. The fraction of sp³-hybridized carbons (Fsp3) is 0.455. The summed E-state index contributed by atoms with van der Waals surface area (Å²) in [5.74, 6) is -0.465. The summed E-state index contributed by atoms with van der Waals surface area (Å²) >= 11 is 0. The van der Waals surface area contributed by atoms with Crippen LogP contribution in [0.15, 0.2) is 54.6 Å². The predicted molar refractivity (Wildman–Crippen MR) is 239 cm³/mol. The molecule has 0 atom stereocenters. The average Bonchev–Trinajstić information content (AvgIpc) is 3.94. The van der Waals surface area contributed by atoms with Gasteiger partial charge in [0.05, 0.1) is 81.6 Å². The van der Waals surface area contributed by atoms with Crippen LogP contribution >= 0.6 is 0 Å². The number of hydrogen-bond acceptors (Lipinski definition) is 15. The summed E-state index contributed by atoms with van der Waals surface area (Å²) in [6.45, 7) is 5.57. The lowest BCUT2D eigenvalue weighted by Gasteiger charge is -2.34. The highest BCUT2D eigenvalue weighted by molar-refractivity contribution is 6.07. The van der Waals surface area contributed by atoms with Gasteiger partial charge < -0.3 is 74.4 Å². The van der Waals surface area contributed by atoms with Crippen molar-refractivity contribution in [3.05, 3.63) is 60.2 Å². The van der Waals surface area contributed by atoms with E-state index in [0.29, 0.717) is 22.7 Å². The maximum Gasteiger partial charge on any atom is 0.329 e. The van der Waals surface area contributed by atoms with Gasteiger partial charge in [-0.15, -0.1) is 0 Å². The van der Waals surface area contributed by atoms with Crippen LogP contribution in [0, 0.1) is 0 Å². The third kappa shape index (κ3) is 15.5. The fourth-order valence-electron chi connectivity index (χ4n) is 6.68. The zero-order valence-corrected chi connectivity index (χ0v) is 36.4. The van der Waals surface area contributed by atoms with Crippen molar-refractivity contribution < 1.29 is 57.8 Å². The van der Waals surface area contributed by atoms with Crippen LogP contribution in [0.5, 0.6) is 5.75 Å². The van der Waals surface area contributed by atoms with Gasteiger partial charge in [0.2, 0.25) is 11.8 Å². The number of ether oxygens (including phenoxy) is 6. The Morgan fingerprint density at radius 1 is 0.615 bits per heavy atom. The molecule has 0 aliphatic carbocycles. The molecule has 0 saturated carbocycles. The Morgan fingerprint density at radius 2 is 1.15 bits per heavy atom. The van der Waals surface area contributed by atoms with Crippen LogP contribution in [-0.2, 0) is 42.8 Å². The molecule has 0 radical (unpaired) electrons. The van der Waals surface area contributed by atoms with E-state index in [-0.39, 0.29) is 122 Å². The number of carboxylic acid groups (broad SMARTS) is 1. The number of carbonyl (C=O) groups is 4. The molecular weight excluding hydrogens is 847 g/mol. The summed E-state index contributed by atoms with van der Waals surface area (Å²) in [5, 5.41) is 26.5. The molecule has 65 heavy (non-hydrogen) atoms. The topological polar surface area (TPSA) is 264 Å². The number of rotatable bonds is 28. The number of anilines is 1. The summed E-state index contributed by atoms with van der Waals surface area (Å²) in [4.78, 5) is 69.0. The number of phenolic OH excluding ortho intramolecular Hbond substituents is 1. The molecule has 0 bridgehead atoms. The Hall–Kier alpha value is -6.20. The van der Waals surface area contributed by atoms with Crippen LogP contribution < -0.4 is 20.9 Å². The van der Waals surface area contributed by atoms with E-state index in [0.717, 1.165) is 59.5 Å². The Morgan fingerprint density at radius 3 is 1.77 bits per heavy atom. The molecule has 1 fully saturated rings. The van der Waals surface area contributed by atoms with Crippen LogP contribution in [0.4, 0.5) is 5.69 Å². The van der Waals surface area contributed by atoms with Crippen molar-refractivity contribution in [1.82, 2.24) is 40.8 Å². The standard InChI is InChI=1S/C44H57N9O12/c1-52-11-13-53(14-12-52)32-25-34(41-37(26-32)50-43(51-41)31-4-7-35-36(24-31)49-42(48-35)30-2-5-33(54)6-3-30)44(59)47-10-17-62-19-22-64-28-39(56)45-8-15-60-18-21-63-27-38(55)46-9-16-61-20-23-65-29-40(57)58/h2-7,24-26,54H,8-23,27-29H2,1H3,(H,45,56)(H,46,55)(H,47,59)(H,48,49)(H,50,51)(H,57,58). The van der Waals surface area contributed by atoms with E-state index >= 15 is 0 Å². The Labute approximate surface area is 375 Å². The normalized spacial score (nSPS) is 13.1. The van der Waals surface area contributed by atoms with Crippen molar-refractivity contribution >= 4 is 51.4 Å². The second kappa shape index (κ2) is 25.3. The van der Waals surface area contributed by atoms with Crippen molar-refractivity contribution in [3.63, 3.8) is 0 Å². The van der Waals surface area contributed by atoms with E-state index in [2.05, 4.69) is 42.8 Å². The van der Waals surface area contributed by atoms with E-state index in [1.165, 1.54) is 0 Å². The molecule has 0 unspecified atom stereocenters. The first-order chi connectivity index (χ1) is 31.6. The molecule has 3 amide bonds. The molecule has 6 rings (SSSR count). The summed E-state index contributed by atoms with van der Waals surface area (Å²) in [7, 11) is 2.10. The van der Waals surface area contributed by atoms with Crippen molar-refractivity contribution in [3.8, 4) is 28.5 Å². The third-order valence-corrected chi connectivity index (χ3v) is 10.1. The summed E-state index contributed by atoms with van der Waals surface area (Å²) in [6, 6.07) is 16.6. The maximum atomic E-state index is 13.7. The lowest BCUT2D eigenvalue weighted by Crippen LogP contribution is -2.44. The lowest BCUT2D eigenvalue weighted by atomic mass is 10.1. The summed E-state index contributed by atoms with van der Waals surface area (Å²) in [6.07, 6.45) is 0. The van der Waals surface area contributed by atoms with Crippen molar-refractivity contribution in [2.75, 3.05) is 137 Å². The van der Waals surface area contributed by atoms with Gasteiger partial charge in [0, 0.05) is 62.6 Å². The van der Waals surface area contributed by atoms with Gasteiger partial charge in [0.15, 0.2) is 0 Å². The Kier molecular flexibility index (Phi) is 18.8. The number of imidazole rings is 2. The highest BCUT2D eigenvalue weighted by Gasteiger charge is 2.21. The maximum absolute atomic E-state index is 13.7. The van der Waals surface area contributed by atoms with Crippen LogP contribution in [-0.4, -0.2) is 191 Å². The van der Waals surface area contributed by atoms with E-state index in [9.17, 15) is 24.3 Å². The molecule has 1 aliphatic heterocycles. The van der Waals surface area contributed by atoms with E-state index in [1.54, 1.807) is 24.3 Å². The molecular formula is C44H57N9O12. The van der Waals surface area contributed by atoms with Crippen molar-refractivity contribution in [2.24, 2.45) is 0 Å². The number of piperazine rings is 1. The third-order valence-electron chi connectivity index (χ3n) is 10.1. The minimum Gasteiger partial charge on any atom is -0.508 e. The summed E-state index contributed by atoms with van der Waals surface area (Å²) < 4.78 is 31.8. The second-order valence-electron chi connectivity index (χ2n) is 15.0. The number of H-pyrrole nitrogens is 2. The number of likely N-dealkylation sites (N-methyl/N-ethyl adjacent to an activating group) is 1. The molecule has 21 heteroatoms. The van der Waals surface area contributed by atoms with Gasteiger partial charge in [-0.3, -0.25) is 14.4 Å². The predicted octanol–water partition coefficient (Wildman–Crippen LogP) is 1.38. The quantitative estimate of drug-likeness (QED) is 0.0350. The molecule has 3 heterocycles. The highest BCUT2D eigenvalue weighted by atomic mass is 16.5. The first-order valence-corrected chi connectivity index (χ1v) is 21.4. The lowest BCUT2D eigenvalue weighted by molar-refractivity contribution is -0.142. The first kappa shape index (κ1) is 48.3. The molecule has 1 saturated heterocycles. The van der Waals surface area contributed by atoms with Crippen molar-refractivity contribution in [2.45, 2.75) is 0 Å². The van der Waals surface area contributed by atoms with Crippen LogP contribution in [0.3, 0.4) is 0 Å². The smallest absolute Gasteiger partial charge is 0.329 e. The molecule has 350 valence electrons. The molecule has 3 aromatic carbocycles. The van der Waals surface area contributed by atoms with Gasteiger partial charge in [-0.25, -0.2) is 14.8 Å². The van der Waals surface area contributed by atoms with Gasteiger partial charge in [0.25, 0.3) is 5.91 Å². The number of nitrogens with one attached hydrogen (secondary N) is 5. The SMILES string of the molecule is CN1CCN(c2cc(C(=O)NCCOCCOCC(=O)NCCOCCOCC(=O)NCCOCCOCC(=O)O)c3nc(-c4ccc5nc(-c6ccc(O)cc6)[nH]c5c4)[nH]c3c2)CC1. The number of aromatic hydroxyl groups is 1. The monoisotopic (exact) mass is 903 g/mol. The van der Waals surface area contributed by atoms with Gasteiger partial charge in [-0.1, -0.05) is 0 Å². The minimum absolute atomic E-state index is 0.140. The highest BCUT2D eigenvalue weighted by Crippen LogP contribution is 2.31. The Bertz CT molecular complexity index is 2310. The van der Waals surface area contributed by atoms with E-state index in [1.807, 2.05) is 30.3 Å². The van der Waals surface area contributed by atoms with Crippen LogP contribution in [0.1, 0.15) is 10.4 Å². The molecule has 21 nitrogen and oxygen atoms in total. The van der Waals surface area contributed by atoms with E-state index in [4.69, 9.17) is 43.5 Å². The van der Waals surface area contributed by atoms with E-state index < -0.39 is 5.97 Å². The van der Waals surface area contributed by atoms with Gasteiger partial charge in [-0.05, 0) is 61.6 Å². The number of benzene rings is 3.